The van der Waals surface area contributed by atoms with Crippen LogP contribution < -0.4 is 0 Å². The second-order valence-corrected chi connectivity index (χ2v) is 4.99. The zero-order valence-electron chi connectivity index (χ0n) is 12.2. The minimum Gasteiger partial charge on any atom is -0.288 e. The first kappa shape index (κ1) is 16.7. The first-order chi connectivity index (χ1) is 10.8. The van der Waals surface area contributed by atoms with Gasteiger partial charge in [0.05, 0.1) is 5.57 Å². The number of ketones is 2. The van der Waals surface area contributed by atoms with Crippen molar-refractivity contribution < 1.29 is 22.8 Å². The third kappa shape index (κ3) is 4.16. The molecular weight excluding hydrogens is 305 g/mol. The largest absolute Gasteiger partial charge is 0.455 e. The molecule has 2 rings (SSSR count). The average molecular weight is 318 g/mol. The normalized spacial score (nSPS) is 12.1. The molecule has 0 bridgehead atoms. The van der Waals surface area contributed by atoms with Gasteiger partial charge in [-0.1, -0.05) is 60.2 Å². The van der Waals surface area contributed by atoms with Crippen LogP contribution >= 0.6 is 0 Å². The molecule has 0 radical (unpaired) electrons. The lowest BCUT2D eigenvalue weighted by atomic mass is 9.97. The summed E-state index contributed by atoms with van der Waals surface area (Å²) in [5, 5.41) is 0. The summed E-state index contributed by atoms with van der Waals surface area (Å²) in [6.45, 7) is 1.77. The minimum absolute atomic E-state index is 0.0315. The van der Waals surface area contributed by atoms with E-state index in [-0.39, 0.29) is 5.56 Å². The Kier molecular flexibility index (Phi) is 4.79. The van der Waals surface area contributed by atoms with E-state index in [1.807, 2.05) is 0 Å². The minimum atomic E-state index is -5.11. The van der Waals surface area contributed by atoms with Crippen molar-refractivity contribution in [2.24, 2.45) is 0 Å². The van der Waals surface area contributed by atoms with E-state index in [1.165, 1.54) is 30.3 Å². The molecule has 0 saturated heterocycles. The van der Waals surface area contributed by atoms with Gasteiger partial charge in [-0.25, -0.2) is 0 Å². The molecule has 5 heteroatoms. The van der Waals surface area contributed by atoms with Gasteiger partial charge >= 0.3 is 6.18 Å². The van der Waals surface area contributed by atoms with Gasteiger partial charge in [-0.3, -0.25) is 9.59 Å². The fourth-order valence-electron chi connectivity index (χ4n) is 2.06. The molecule has 0 aliphatic rings. The van der Waals surface area contributed by atoms with Crippen LogP contribution in [0.15, 0.2) is 60.2 Å². The molecule has 0 spiro atoms. The number of rotatable bonds is 4. The fraction of sp³-hybridized carbons (Fsp3) is 0.111. The summed E-state index contributed by atoms with van der Waals surface area (Å²) in [6, 6.07) is 14.0. The maximum atomic E-state index is 12.8. The van der Waals surface area contributed by atoms with Gasteiger partial charge in [0, 0.05) is 5.56 Å². The number of halogens is 3. The van der Waals surface area contributed by atoms with E-state index in [0.717, 1.165) is 11.6 Å². The molecular formula is C18H13F3O2. The molecule has 0 aliphatic carbocycles. The standard InChI is InChI=1S/C18H13F3O2/c1-12-6-5-7-13(10-12)11-15(17(23)18(19,20)21)16(22)14-8-3-2-4-9-14/h2-11H,1H3. The van der Waals surface area contributed by atoms with Gasteiger partial charge < -0.3 is 0 Å². The number of carbonyl (C=O) groups excluding carboxylic acids is 2. The van der Waals surface area contributed by atoms with Crippen molar-refractivity contribution >= 4 is 17.6 Å². The molecule has 0 amide bonds. The van der Waals surface area contributed by atoms with Gasteiger partial charge in [0.15, 0.2) is 5.78 Å². The highest BCUT2D eigenvalue weighted by atomic mass is 19.4. The van der Waals surface area contributed by atoms with Gasteiger partial charge in [-0.15, -0.1) is 0 Å². The Hall–Kier alpha value is -2.69. The van der Waals surface area contributed by atoms with Crippen molar-refractivity contribution in [1.29, 1.82) is 0 Å². The number of hydrogen-bond acceptors (Lipinski definition) is 2. The zero-order chi connectivity index (χ0) is 17.0. The second-order valence-electron chi connectivity index (χ2n) is 4.99. The lowest BCUT2D eigenvalue weighted by Gasteiger charge is -2.09. The summed E-state index contributed by atoms with van der Waals surface area (Å²) in [5.41, 5.74) is 0.310. The van der Waals surface area contributed by atoms with E-state index in [2.05, 4.69) is 0 Å². The molecule has 23 heavy (non-hydrogen) atoms. The number of aryl methyl sites for hydroxylation is 1. The highest BCUT2D eigenvalue weighted by Crippen LogP contribution is 2.25. The second kappa shape index (κ2) is 6.60. The summed E-state index contributed by atoms with van der Waals surface area (Å²) >= 11 is 0. The van der Waals surface area contributed by atoms with Crippen LogP contribution in [-0.4, -0.2) is 17.7 Å². The number of hydrogen-bond donors (Lipinski definition) is 0. The first-order valence-corrected chi connectivity index (χ1v) is 6.78. The molecule has 0 N–H and O–H groups in total. The predicted octanol–water partition coefficient (Wildman–Crippen LogP) is 4.39. The Morgan fingerprint density at radius 3 is 2.17 bits per heavy atom. The number of carbonyl (C=O) groups is 2. The van der Waals surface area contributed by atoms with Gasteiger partial charge in [0.25, 0.3) is 5.78 Å². The van der Waals surface area contributed by atoms with Gasteiger partial charge in [0.2, 0.25) is 0 Å². The Bertz CT molecular complexity index is 759. The van der Waals surface area contributed by atoms with E-state index in [4.69, 9.17) is 0 Å². The molecule has 0 atom stereocenters. The smallest absolute Gasteiger partial charge is 0.288 e. The lowest BCUT2D eigenvalue weighted by molar-refractivity contribution is -0.166. The van der Waals surface area contributed by atoms with Crippen molar-refractivity contribution in [3.63, 3.8) is 0 Å². The molecule has 2 nitrogen and oxygen atoms in total. The molecule has 0 heterocycles. The van der Waals surface area contributed by atoms with Crippen LogP contribution in [0.25, 0.3) is 6.08 Å². The molecule has 2 aromatic rings. The zero-order valence-corrected chi connectivity index (χ0v) is 12.2. The summed E-state index contributed by atoms with van der Waals surface area (Å²) in [4.78, 5) is 24.0. The topological polar surface area (TPSA) is 34.1 Å². The number of Topliss-reactive ketones (excluding diaryl/α,β-unsaturated/α-hetero) is 2. The SMILES string of the molecule is Cc1cccc(C=C(C(=O)c2ccccc2)C(=O)C(F)(F)F)c1. The van der Waals surface area contributed by atoms with Crippen LogP contribution in [0.3, 0.4) is 0 Å². The van der Waals surface area contributed by atoms with Crippen molar-refractivity contribution in [2.45, 2.75) is 13.1 Å². The number of alkyl halides is 3. The predicted molar refractivity (Wildman–Crippen MR) is 81.0 cm³/mol. The van der Waals surface area contributed by atoms with Gasteiger partial charge in [-0.05, 0) is 18.6 Å². The van der Waals surface area contributed by atoms with Crippen LogP contribution in [-0.2, 0) is 4.79 Å². The lowest BCUT2D eigenvalue weighted by Crippen LogP contribution is -2.28. The Morgan fingerprint density at radius 2 is 1.61 bits per heavy atom. The molecule has 0 fully saturated rings. The summed E-state index contributed by atoms with van der Waals surface area (Å²) in [6.07, 6.45) is -4.13. The van der Waals surface area contributed by atoms with Crippen LogP contribution in [0.2, 0.25) is 0 Å². The van der Waals surface area contributed by atoms with Crippen LogP contribution in [0.5, 0.6) is 0 Å². The maximum Gasteiger partial charge on any atom is 0.455 e. The van der Waals surface area contributed by atoms with Crippen LogP contribution in [0.1, 0.15) is 21.5 Å². The van der Waals surface area contributed by atoms with Gasteiger partial charge in [0.1, 0.15) is 0 Å². The Morgan fingerprint density at radius 1 is 0.957 bits per heavy atom. The third-order valence-electron chi connectivity index (χ3n) is 3.14. The number of benzene rings is 2. The Balaban J connectivity index is 2.53. The van der Waals surface area contributed by atoms with Crippen LogP contribution in [0.4, 0.5) is 13.2 Å². The molecule has 2 aromatic carbocycles. The van der Waals surface area contributed by atoms with Crippen molar-refractivity contribution in [2.75, 3.05) is 0 Å². The monoisotopic (exact) mass is 318 g/mol. The highest BCUT2D eigenvalue weighted by molar-refractivity contribution is 6.30. The van der Waals surface area contributed by atoms with Crippen molar-refractivity contribution in [3.8, 4) is 0 Å². The summed E-state index contributed by atoms with van der Waals surface area (Å²) in [5.74, 6) is -3.10. The quantitative estimate of drug-likeness (QED) is 0.362. The Labute approximate surface area is 131 Å². The third-order valence-corrected chi connectivity index (χ3v) is 3.14. The molecule has 0 unspecified atom stereocenters. The molecule has 0 aliphatic heterocycles. The summed E-state index contributed by atoms with van der Waals surface area (Å²) < 4.78 is 38.4. The van der Waals surface area contributed by atoms with Gasteiger partial charge in [-0.2, -0.15) is 13.2 Å². The number of allylic oxidation sites excluding steroid dienone is 1. The van der Waals surface area contributed by atoms with E-state index in [0.29, 0.717) is 5.56 Å². The van der Waals surface area contributed by atoms with Crippen molar-refractivity contribution in [3.05, 3.63) is 76.9 Å². The first-order valence-electron chi connectivity index (χ1n) is 6.78. The van der Waals surface area contributed by atoms with E-state index >= 15 is 0 Å². The van der Waals surface area contributed by atoms with E-state index < -0.39 is 23.3 Å². The maximum absolute atomic E-state index is 12.8. The highest BCUT2D eigenvalue weighted by Gasteiger charge is 2.42. The fourth-order valence-corrected chi connectivity index (χ4v) is 2.06. The van der Waals surface area contributed by atoms with E-state index in [1.54, 1.807) is 31.2 Å². The average Bonchev–Trinajstić information content (AvgIpc) is 2.51. The van der Waals surface area contributed by atoms with Crippen molar-refractivity contribution in [1.82, 2.24) is 0 Å². The molecule has 0 saturated carbocycles. The van der Waals surface area contributed by atoms with Crippen LogP contribution in [0, 0.1) is 6.92 Å². The molecule has 0 aromatic heterocycles. The van der Waals surface area contributed by atoms with E-state index in [9.17, 15) is 22.8 Å². The molecule has 118 valence electrons. The summed E-state index contributed by atoms with van der Waals surface area (Å²) in [7, 11) is 0.